The lowest BCUT2D eigenvalue weighted by atomic mass is 10.1. The molecule has 0 aliphatic rings. The summed E-state index contributed by atoms with van der Waals surface area (Å²) >= 11 is 1.91. The van der Waals surface area contributed by atoms with Crippen LogP contribution in [-0.2, 0) is 19.4 Å². The topological polar surface area (TPSA) is 24.9 Å². The van der Waals surface area contributed by atoms with Gasteiger partial charge in [-0.2, -0.15) is 0 Å². The summed E-state index contributed by atoms with van der Waals surface area (Å²) in [5.41, 5.74) is 1.50. The minimum atomic E-state index is 0.178. The molecule has 1 heterocycles. The molecule has 0 spiro atoms. The van der Waals surface area contributed by atoms with Crippen molar-refractivity contribution in [3.63, 3.8) is 0 Å². The van der Waals surface area contributed by atoms with Gasteiger partial charge in [0.05, 0.1) is 10.7 Å². The van der Waals surface area contributed by atoms with Gasteiger partial charge in [-0.15, -0.1) is 11.3 Å². The van der Waals surface area contributed by atoms with Gasteiger partial charge < -0.3 is 5.32 Å². The molecule has 0 aliphatic carbocycles. The van der Waals surface area contributed by atoms with Gasteiger partial charge in [0.2, 0.25) is 0 Å². The monoisotopic (exact) mass is 268 g/mol. The van der Waals surface area contributed by atoms with Crippen LogP contribution in [0.2, 0.25) is 0 Å². The van der Waals surface area contributed by atoms with Crippen LogP contribution in [0, 0.1) is 0 Å². The number of hydrogen-bond donors (Lipinski definition) is 1. The summed E-state index contributed by atoms with van der Waals surface area (Å²) in [5.74, 6) is 0. The highest BCUT2D eigenvalue weighted by Gasteiger charge is 2.14. The van der Waals surface area contributed by atoms with Gasteiger partial charge in [0, 0.05) is 17.0 Å². The van der Waals surface area contributed by atoms with E-state index in [0.717, 1.165) is 19.4 Å². The van der Waals surface area contributed by atoms with Crippen molar-refractivity contribution in [1.82, 2.24) is 10.3 Å². The fourth-order valence-corrected chi connectivity index (χ4v) is 2.88. The zero-order valence-electron chi connectivity index (χ0n) is 12.6. The molecule has 1 aromatic rings. The summed E-state index contributed by atoms with van der Waals surface area (Å²) < 4.78 is 0. The molecule has 1 aromatic heterocycles. The SMILES string of the molecule is CCCCc1nc(CCC)c(CNC(C)(C)C)s1. The summed E-state index contributed by atoms with van der Waals surface area (Å²) in [6.07, 6.45) is 5.94. The predicted molar refractivity (Wildman–Crippen MR) is 81.3 cm³/mol. The fourth-order valence-electron chi connectivity index (χ4n) is 1.79. The molecule has 0 saturated carbocycles. The van der Waals surface area contributed by atoms with E-state index >= 15 is 0 Å². The molecule has 104 valence electrons. The van der Waals surface area contributed by atoms with Crippen LogP contribution in [0.25, 0.3) is 0 Å². The Morgan fingerprint density at radius 3 is 2.39 bits per heavy atom. The van der Waals surface area contributed by atoms with Crippen molar-refractivity contribution in [2.75, 3.05) is 0 Å². The number of nitrogens with one attached hydrogen (secondary N) is 1. The van der Waals surface area contributed by atoms with Gasteiger partial charge in [-0.25, -0.2) is 4.98 Å². The molecular formula is C15H28N2S. The second-order valence-electron chi connectivity index (χ2n) is 5.93. The Hall–Kier alpha value is -0.410. The predicted octanol–water partition coefficient (Wildman–Crippen LogP) is 4.33. The summed E-state index contributed by atoms with van der Waals surface area (Å²) in [4.78, 5) is 6.26. The third-order valence-corrected chi connectivity index (χ3v) is 3.99. The molecule has 0 atom stereocenters. The van der Waals surface area contributed by atoms with E-state index in [2.05, 4.69) is 39.9 Å². The van der Waals surface area contributed by atoms with Crippen LogP contribution in [0.1, 0.15) is 69.5 Å². The zero-order valence-corrected chi connectivity index (χ0v) is 13.4. The molecule has 0 aliphatic heterocycles. The highest BCUT2D eigenvalue weighted by molar-refractivity contribution is 7.11. The van der Waals surface area contributed by atoms with E-state index in [1.807, 2.05) is 11.3 Å². The highest BCUT2D eigenvalue weighted by Crippen LogP contribution is 2.22. The average Bonchev–Trinajstić information content (AvgIpc) is 2.66. The maximum absolute atomic E-state index is 4.82. The molecule has 0 amide bonds. The quantitative estimate of drug-likeness (QED) is 0.796. The van der Waals surface area contributed by atoms with E-state index in [1.165, 1.54) is 34.8 Å². The number of aromatic nitrogens is 1. The Kier molecular flexibility index (Phi) is 6.30. The normalized spacial score (nSPS) is 12.1. The average molecular weight is 268 g/mol. The van der Waals surface area contributed by atoms with E-state index in [9.17, 15) is 0 Å². The van der Waals surface area contributed by atoms with Gasteiger partial charge in [-0.1, -0.05) is 26.7 Å². The number of rotatable bonds is 7. The Morgan fingerprint density at radius 2 is 1.83 bits per heavy atom. The molecule has 0 radical (unpaired) electrons. The molecule has 0 bridgehead atoms. The van der Waals surface area contributed by atoms with Crippen molar-refractivity contribution in [3.05, 3.63) is 15.6 Å². The van der Waals surface area contributed by atoms with E-state index in [4.69, 9.17) is 4.98 Å². The van der Waals surface area contributed by atoms with Crippen molar-refractivity contribution in [3.8, 4) is 0 Å². The first-order valence-electron chi connectivity index (χ1n) is 7.18. The molecule has 18 heavy (non-hydrogen) atoms. The molecule has 2 nitrogen and oxygen atoms in total. The van der Waals surface area contributed by atoms with Crippen LogP contribution in [0.3, 0.4) is 0 Å². The Balaban J connectivity index is 2.70. The summed E-state index contributed by atoms with van der Waals surface area (Å²) in [6.45, 7) is 12.1. The molecule has 1 rings (SSSR count). The maximum Gasteiger partial charge on any atom is 0.0931 e. The third kappa shape index (κ3) is 5.49. The van der Waals surface area contributed by atoms with Crippen LogP contribution in [0.4, 0.5) is 0 Å². The molecular weight excluding hydrogens is 240 g/mol. The van der Waals surface area contributed by atoms with Gasteiger partial charge in [-0.3, -0.25) is 0 Å². The fraction of sp³-hybridized carbons (Fsp3) is 0.800. The number of unbranched alkanes of at least 4 members (excludes halogenated alkanes) is 1. The van der Waals surface area contributed by atoms with Crippen LogP contribution >= 0.6 is 11.3 Å². The first-order chi connectivity index (χ1) is 8.46. The number of hydrogen-bond acceptors (Lipinski definition) is 3. The number of thiazole rings is 1. The van der Waals surface area contributed by atoms with Crippen LogP contribution in [0.5, 0.6) is 0 Å². The Morgan fingerprint density at radius 1 is 1.11 bits per heavy atom. The summed E-state index contributed by atoms with van der Waals surface area (Å²) in [7, 11) is 0. The van der Waals surface area contributed by atoms with Gasteiger partial charge >= 0.3 is 0 Å². The highest BCUT2D eigenvalue weighted by atomic mass is 32.1. The molecule has 0 fully saturated rings. The van der Waals surface area contributed by atoms with Gasteiger partial charge in [0.25, 0.3) is 0 Å². The maximum atomic E-state index is 4.82. The Bertz CT molecular complexity index is 350. The molecule has 1 N–H and O–H groups in total. The van der Waals surface area contributed by atoms with Crippen LogP contribution < -0.4 is 5.32 Å². The lowest BCUT2D eigenvalue weighted by molar-refractivity contribution is 0.425. The van der Waals surface area contributed by atoms with Crippen LogP contribution in [-0.4, -0.2) is 10.5 Å². The van der Waals surface area contributed by atoms with Crippen molar-refractivity contribution in [2.45, 2.75) is 78.8 Å². The summed E-state index contributed by atoms with van der Waals surface area (Å²) in [5, 5.41) is 4.90. The van der Waals surface area contributed by atoms with Crippen molar-refractivity contribution >= 4 is 11.3 Å². The van der Waals surface area contributed by atoms with E-state index in [-0.39, 0.29) is 5.54 Å². The Labute approximate surface area is 116 Å². The van der Waals surface area contributed by atoms with Gasteiger partial charge in [-0.05, 0) is 40.0 Å². The van der Waals surface area contributed by atoms with Crippen molar-refractivity contribution in [2.24, 2.45) is 0 Å². The smallest absolute Gasteiger partial charge is 0.0931 e. The second-order valence-corrected chi connectivity index (χ2v) is 7.10. The largest absolute Gasteiger partial charge is 0.307 e. The van der Waals surface area contributed by atoms with Gasteiger partial charge in [0.1, 0.15) is 0 Å². The minimum absolute atomic E-state index is 0.178. The zero-order chi connectivity index (χ0) is 13.6. The number of aryl methyl sites for hydroxylation is 2. The second kappa shape index (κ2) is 7.25. The van der Waals surface area contributed by atoms with Crippen molar-refractivity contribution < 1.29 is 0 Å². The van der Waals surface area contributed by atoms with Crippen molar-refractivity contribution in [1.29, 1.82) is 0 Å². The third-order valence-electron chi connectivity index (χ3n) is 2.83. The van der Waals surface area contributed by atoms with E-state index in [0.29, 0.717) is 0 Å². The summed E-state index contributed by atoms with van der Waals surface area (Å²) in [6, 6.07) is 0. The van der Waals surface area contributed by atoms with E-state index < -0.39 is 0 Å². The number of nitrogens with zero attached hydrogens (tertiary/aromatic N) is 1. The minimum Gasteiger partial charge on any atom is -0.307 e. The lowest BCUT2D eigenvalue weighted by Crippen LogP contribution is -2.35. The molecule has 0 unspecified atom stereocenters. The molecule has 0 aromatic carbocycles. The first-order valence-corrected chi connectivity index (χ1v) is 8.00. The standard InChI is InChI=1S/C15H28N2S/c1-6-8-10-14-17-12(9-7-2)13(18-14)11-16-15(3,4)5/h16H,6-11H2,1-5H3. The van der Waals surface area contributed by atoms with Gasteiger partial charge in [0.15, 0.2) is 0 Å². The molecule has 3 heteroatoms. The first kappa shape index (κ1) is 15.6. The van der Waals surface area contributed by atoms with Crippen LogP contribution in [0.15, 0.2) is 0 Å². The van der Waals surface area contributed by atoms with E-state index in [1.54, 1.807) is 0 Å². The lowest BCUT2D eigenvalue weighted by Gasteiger charge is -2.20. The molecule has 0 saturated heterocycles.